The molecule has 1 aliphatic heterocycles. The first kappa shape index (κ1) is 28.3. The largest absolute Gasteiger partial charge is 0.494 e. The smallest absolute Gasteiger partial charge is 0.265 e. The lowest BCUT2D eigenvalue weighted by atomic mass is 9.95. The van der Waals surface area contributed by atoms with E-state index in [1.807, 2.05) is 31.2 Å². The maximum atomic E-state index is 13.5. The van der Waals surface area contributed by atoms with E-state index in [9.17, 15) is 18.4 Å². The van der Waals surface area contributed by atoms with E-state index in [2.05, 4.69) is 9.88 Å². The van der Waals surface area contributed by atoms with Crippen molar-refractivity contribution in [2.75, 3.05) is 32.0 Å². The first-order valence-electron chi connectivity index (χ1n) is 11.5. The van der Waals surface area contributed by atoms with Gasteiger partial charge in [0.05, 0.1) is 11.5 Å². The molecule has 1 aliphatic rings. The van der Waals surface area contributed by atoms with Crippen LogP contribution in [-0.4, -0.2) is 66.2 Å². The van der Waals surface area contributed by atoms with Crippen molar-refractivity contribution < 1.29 is 27.6 Å². The number of likely N-dealkylation sites (tertiary alicyclic amines) is 1. The predicted molar refractivity (Wildman–Crippen MR) is 140 cm³/mol. The molecule has 0 spiro atoms. The Balaban J connectivity index is 0.00000361. The highest BCUT2D eigenvalue weighted by Crippen LogP contribution is 2.36. The number of halogens is 1. The number of hydrogen-bond acceptors (Lipinski definition) is 9. The minimum absolute atomic E-state index is 0. The summed E-state index contributed by atoms with van der Waals surface area (Å²) in [5, 5.41) is 9.89. The molecule has 0 atom stereocenters. The van der Waals surface area contributed by atoms with Gasteiger partial charge in [0.25, 0.3) is 11.1 Å². The number of rotatable bonds is 10. The van der Waals surface area contributed by atoms with Crippen LogP contribution < -0.4 is 10.2 Å². The number of benzene rings is 2. The summed E-state index contributed by atoms with van der Waals surface area (Å²) in [4.78, 5) is 19.1. The summed E-state index contributed by atoms with van der Waals surface area (Å²) in [6.07, 6.45) is 0.980. The van der Waals surface area contributed by atoms with E-state index in [1.54, 1.807) is 17.6 Å². The van der Waals surface area contributed by atoms with Gasteiger partial charge in [-0.3, -0.25) is 10.0 Å². The number of carbonyl (C=O) groups is 1. The molecule has 2 aromatic carbocycles. The maximum absolute atomic E-state index is 13.5. The first-order chi connectivity index (χ1) is 16.9. The second-order valence-corrected chi connectivity index (χ2v) is 11.6. The van der Waals surface area contributed by atoms with E-state index in [-0.39, 0.29) is 30.1 Å². The minimum atomic E-state index is -4.03. The molecule has 2 N–H and O–H groups in total. The molecule has 4 rings (SSSR count). The third-order valence-electron chi connectivity index (χ3n) is 6.33. The zero-order chi connectivity index (χ0) is 24.9. The molecule has 0 saturated carbocycles. The third-order valence-corrected chi connectivity index (χ3v) is 9.76. The Morgan fingerprint density at radius 1 is 1.19 bits per heavy atom. The molecule has 196 valence electrons. The number of thioether (sulfide) groups is 1. The summed E-state index contributed by atoms with van der Waals surface area (Å²) >= 11 is 1.51. The SMILES string of the molecule is CCN1CCC(C(=O)NO)(S(=O)(=O)c2ccc(OCCCSc3nc4ccccc4o3)cc2)CC1.Cl. The summed E-state index contributed by atoms with van der Waals surface area (Å²) in [6.45, 7) is 4.14. The molecule has 0 bridgehead atoms. The lowest BCUT2D eigenvalue weighted by Crippen LogP contribution is -2.57. The zero-order valence-corrected chi connectivity index (χ0v) is 22.3. The van der Waals surface area contributed by atoms with Crippen LogP contribution in [0.5, 0.6) is 5.75 Å². The number of sulfone groups is 1. The number of carbonyl (C=O) groups excluding carboxylic acids is 1. The van der Waals surface area contributed by atoms with Gasteiger partial charge in [-0.2, -0.15) is 0 Å². The highest BCUT2D eigenvalue weighted by Gasteiger charge is 2.52. The molecule has 1 saturated heterocycles. The van der Waals surface area contributed by atoms with Crippen molar-refractivity contribution in [1.29, 1.82) is 0 Å². The lowest BCUT2D eigenvalue weighted by molar-refractivity contribution is -0.133. The molecule has 0 aliphatic carbocycles. The van der Waals surface area contributed by atoms with Crippen molar-refractivity contribution >= 4 is 51.0 Å². The van der Waals surface area contributed by atoms with Crippen LogP contribution in [0.2, 0.25) is 0 Å². The topological polar surface area (TPSA) is 122 Å². The van der Waals surface area contributed by atoms with Crippen LogP contribution in [0.25, 0.3) is 11.1 Å². The fourth-order valence-corrected chi connectivity index (χ4v) is 6.92. The maximum Gasteiger partial charge on any atom is 0.265 e. The highest BCUT2D eigenvalue weighted by atomic mass is 35.5. The van der Waals surface area contributed by atoms with Crippen molar-refractivity contribution in [3.63, 3.8) is 0 Å². The Morgan fingerprint density at radius 3 is 2.53 bits per heavy atom. The van der Waals surface area contributed by atoms with E-state index in [0.717, 1.165) is 29.8 Å². The molecule has 0 radical (unpaired) electrons. The normalized spacial score (nSPS) is 15.8. The Labute approximate surface area is 220 Å². The van der Waals surface area contributed by atoms with Gasteiger partial charge in [-0.15, -0.1) is 12.4 Å². The molecule has 9 nitrogen and oxygen atoms in total. The number of ether oxygens (including phenoxy) is 1. The van der Waals surface area contributed by atoms with Gasteiger partial charge < -0.3 is 14.1 Å². The van der Waals surface area contributed by atoms with Crippen LogP contribution in [-0.2, 0) is 14.6 Å². The molecular formula is C24H30ClN3O6S2. The zero-order valence-electron chi connectivity index (χ0n) is 19.9. The lowest BCUT2D eigenvalue weighted by Gasteiger charge is -2.39. The van der Waals surface area contributed by atoms with Gasteiger partial charge in [-0.1, -0.05) is 30.8 Å². The number of oxazole rings is 1. The van der Waals surface area contributed by atoms with Gasteiger partial charge >= 0.3 is 0 Å². The average molecular weight is 556 g/mol. The van der Waals surface area contributed by atoms with E-state index in [0.29, 0.717) is 30.7 Å². The molecule has 1 fully saturated rings. The summed E-state index contributed by atoms with van der Waals surface area (Å²) in [6, 6.07) is 13.7. The number of hydroxylamine groups is 1. The van der Waals surface area contributed by atoms with Gasteiger partial charge in [0, 0.05) is 18.8 Å². The number of nitrogens with one attached hydrogen (secondary N) is 1. The van der Waals surface area contributed by atoms with Crippen LogP contribution in [0, 0.1) is 0 Å². The van der Waals surface area contributed by atoms with Crippen molar-refractivity contribution in [3.8, 4) is 5.75 Å². The molecular weight excluding hydrogens is 526 g/mol. The second-order valence-electron chi connectivity index (χ2n) is 8.34. The van der Waals surface area contributed by atoms with Crippen LogP contribution in [0.1, 0.15) is 26.2 Å². The van der Waals surface area contributed by atoms with Crippen molar-refractivity contribution in [3.05, 3.63) is 48.5 Å². The standard InChI is InChI=1S/C24H29N3O6S2.ClH/c1-2-27-14-12-24(13-15-27,22(28)26-29)35(30,31)19-10-8-18(9-11-19)32-16-5-17-34-23-25-20-6-3-4-7-21(20)33-23;/h3-4,6-11,29H,2,5,12-17H2,1H3,(H,26,28);1H. The minimum Gasteiger partial charge on any atom is -0.494 e. The number of nitrogens with zero attached hydrogens (tertiary/aromatic N) is 2. The fraction of sp³-hybridized carbons (Fsp3) is 0.417. The number of fused-ring (bicyclic) bond motifs is 1. The molecule has 1 aromatic heterocycles. The third kappa shape index (κ3) is 5.81. The van der Waals surface area contributed by atoms with Gasteiger partial charge in [-0.25, -0.2) is 18.9 Å². The Bertz CT molecular complexity index is 1230. The summed E-state index contributed by atoms with van der Waals surface area (Å²) in [5.41, 5.74) is 3.17. The van der Waals surface area contributed by atoms with Crippen LogP contribution in [0.15, 0.2) is 63.1 Å². The van der Waals surface area contributed by atoms with E-state index >= 15 is 0 Å². The Morgan fingerprint density at radius 2 is 1.89 bits per heavy atom. The van der Waals surface area contributed by atoms with Crippen molar-refractivity contribution in [1.82, 2.24) is 15.4 Å². The molecule has 0 unspecified atom stereocenters. The fourth-order valence-electron chi connectivity index (χ4n) is 4.21. The molecule has 12 heteroatoms. The summed E-state index contributed by atoms with van der Waals surface area (Å²) < 4.78 is 36.7. The van der Waals surface area contributed by atoms with Crippen LogP contribution >= 0.6 is 24.2 Å². The number of hydrogen-bond donors (Lipinski definition) is 2. The molecule has 36 heavy (non-hydrogen) atoms. The quantitative estimate of drug-likeness (QED) is 0.166. The summed E-state index contributed by atoms with van der Waals surface area (Å²) in [5.74, 6) is 0.412. The van der Waals surface area contributed by atoms with E-state index < -0.39 is 20.5 Å². The number of piperidine rings is 1. The average Bonchev–Trinajstić information content (AvgIpc) is 3.31. The number of aromatic nitrogens is 1. The predicted octanol–water partition coefficient (Wildman–Crippen LogP) is 3.94. The Hall–Kier alpha value is -2.31. The highest BCUT2D eigenvalue weighted by molar-refractivity contribution is 7.99. The molecule has 3 aromatic rings. The van der Waals surface area contributed by atoms with Crippen molar-refractivity contribution in [2.24, 2.45) is 0 Å². The second kappa shape index (κ2) is 12.3. The van der Waals surface area contributed by atoms with Gasteiger partial charge in [0.2, 0.25) is 0 Å². The van der Waals surface area contributed by atoms with E-state index in [1.165, 1.54) is 23.9 Å². The monoisotopic (exact) mass is 555 g/mol. The molecule has 2 heterocycles. The first-order valence-corrected chi connectivity index (χ1v) is 14.0. The number of amides is 1. The van der Waals surface area contributed by atoms with Crippen LogP contribution in [0.4, 0.5) is 0 Å². The van der Waals surface area contributed by atoms with Gasteiger partial charge in [-0.05, 0) is 62.2 Å². The van der Waals surface area contributed by atoms with Crippen molar-refractivity contribution in [2.45, 2.75) is 41.1 Å². The Kier molecular flexibility index (Phi) is 9.65. The summed E-state index contributed by atoms with van der Waals surface area (Å²) in [7, 11) is -4.03. The van der Waals surface area contributed by atoms with Crippen LogP contribution in [0.3, 0.4) is 0 Å². The van der Waals surface area contributed by atoms with Gasteiger partial charge in [0.15, 0.2) is 20.2 Å². The van der Waals surface area contributed by atoms with E-state index in [4.69, 9.17) is 9.15 Å². The number of para-hydroxylation sites is 2. The molecule has 1 amide bonds. The van der Waals surface area contributed by atoms with Gasteiger partial charge in [0.1, 0.15) is 11.3 Å².